The lowest BCUT2D eigenvalue weighted by molar-refractivity contribution is 0.512. The van der Waals surface area contributed by atoms with Gasteiger partial charge in [-0.25, -0.2) is 0 Å². The molecule has 0 aliphatic rings. The molecular weight excluding hydrogens is 152 g/mol. The minimum atomic E-state index is 0.350. The average Bonchev–Trinajstić information content (AvgIpc) is 2.30. The number of hydrogen-bond donors (Lipinski definition) is 2. The molecule has 10 heavy (non-hydrogen) atoms. The van der Waals surface area contributed by atoms with Crippen LogP contribution in [0.5, 0.6) is 0 Å². The highest BCUT2D eigenvalue weighted by Gasteiger charge is 2.04. The second-order valence-corrected chi connectivity index (χ2v) is 2.26. The van der Waals surface area contributed by atoms with Crippen molar-refractivity contribution in [1.29, 1.82) is 0 Å². The topological polar surface area (TPSA) is 65.2 Å². The Kier molecular flexibility index (Phi) is 2.32. The summed E-state index contributed by atoms with van der Waals surface area (Å²) in [6.45, 7) is 0.752. The largest absolute Gasteiger partial charge is 0.448 e. The smallest absolute Gasteiger partial charge is 0.197 e. The quantitative estimate of drug-likeness (QED) is 0.674. The van der Waals surface area contributed by atoms with Crippen molar-refractivity contribution in [2.75, 3.05) is 0 Å². The van der Waals surface area contributed by atoms with Gasteiger partial charge in [-0.2, -0.15) is 0 Å². The Morgan fingerprint density at radius 1 is 1.40 bits per heavy atom. The van der Waals surface area contributed by atoms with Crippen LogP contribution in [-0.2, 0) is 13.1 Å². The van der Waals surface area contributed by atoms with Gasteiger partial charge in [-0.1, -0.05) is 0 Å². The van der Waals surface area contributed by atoms with Gasteiger partial charge in [-0.3, -0.25) is 0 Å². The fraction of sp³-hybridized carbons (Fsp3) is 0.333. The van der Waals surface area contributed by atoms with Gasteiger partial charge in [0.2, 0.25) is 0 Å². The minimum absolute atomic E-state index is 0.350. The molecule has 0 bridgehead atoms. The summed E-state index contributed by atoms with van der Waals surface area (Å²) < 4.78 is 5.02. The van der Waals surface area contributed by atoms with Crippen molar-refractivity contribution >= 4 is 11.6 Å². The van der Waals surface area contributed by atoms with Gasteiger partial charge in [0.05, 0.1) is 6.54 Å². The molecule has 0 amide bonds. The van der Waals surface area contributed by atoms with E-state index >= 15 is 0 Å². The first-order valence-electron chi connectivity index (χ1n) is 2.95. The second kappa shape index (κ2) is 3.05. The molecule has 0 unspecified atom stereocenters. The van der Waals surface area contributed by atoms with E-state index in [2.05, 4.69) is 0 Å². The first kappa shape index (κ1) is 7.60. The zero-order valence-corrected chi connectivity index (χ0v) is 6.19. The highest BCUT2D eigenvalue weighted by Crippen LogP contribution is 2.19. The Labute approximate surface area is 63.9 Å². The predicted octanol–water partition coefficient (Wildman–Crippen LogP) is 0.850. The van der Waals surface area contributed by atoms with Crippen molar-refractivity contribution in [3.63, 3.8) is 0 Å². The summed E-state index contributed by atoms with van der Waals surface area (Å²) in [4.78, 5) is 0. The van der Waals surface area contributed by atoms with Crippen LogP contribution in [0.3, 0.4) is 0 Å². The fourth-order valence-corrected chi connectivity index (χ4v) is 0.932. The lowest BCUT2D eigenvalue weighted by atomic mass is 10.3. The Morgan fingerprint density at radius 3 is 2.40 bits per heavy atom. The van der Waals surface area contributed by atoms with E-state index in [4.69, 9.17) is 27.5 Å². The van der Waals surface area contributed by atoms with Crippen LogP contribution in [0.2, 0.25) is 5.22 Å². The standard InChI is InChI=1S/C6H9ClN2O/c7-6-4(2-8)1-5(3-9)10-6/h1H,2-3,8-9H2. The first-order chi connectivity index (χ1) is 4.77. The van der Waals surface area contributed by atoms with Gasteiger partial charge < -0.3 is 15.9 Å². The van der Waals surface area contributed by atoms with Gasteiger partial charge in [0.15, 0.2) is 5.22 Å². The van der Waals surface area contributed by atoms with Crippen LogP contribution in [0.1, 0.15) is 11.3 Å². The number of nitrogens with two attached hydrogens (primary N) is 2. The van der Waals surface area contributed by atoms with E-state index in [1.807, 2.05) is 0 Å². The molecule has 0 fully saturated rings. The molecule has 3 nitrogen and oxygen atoms in total. The summed E-state index contributed by atoms with van der Waals surface area (Å²) in [7, 11) is 0. The zero-order valence-electron chi connectivity index (χ0n) is 5.43. The van der Waals surface area contributed by atoms with E-state index in [-0.39, 0.29) is 0 Å². The third kappa shape index (κ3) is 1.31. The summed E-state index contributed by atoms with van der Waals surface area (Å²) in [6.07, 6.45) is 0. The van der Waals surface area contributed by atoms with Crippen molar-refractivity contribution < 1.29 is 4.42 Å². The summed E-state index contributed by atoms with van der Waals surface area (Å²) in [5.41, 5.74) is 11.4. The van der Waals surface area contributed by atoms with Crippen LogP contribution in [0, 0.1) is 0 Å². The van der Waals surface area contributed by atoms with Crippen molar-refractivity contribution in [1.82, 2.24) is 0 Å². The summed E-state index contributed by atoms with van der Waals surface area (Å²) in [5.74, 6) is 0.672. The Hall–Kier alpha value is -0.510. The van der Waals surface area contributed by atoms with Gasteiger partial charge >= 0.3 is 0 Å². The molecule has 0 atom stereocenters. The first-order valence-corrected chi connectivity index (χ1v) is 3.33. The molecule has 0 aliphatic heterocycles. The zero-order chi connectivity index (χ0) is 7.56. The minimum Gasteiger partial charge on any atom is -0.448 e. The molecule has 56 valence electrons. The van der Waals surface area contributed by atoms with Crippen LogP contribution in [0.4, 0.5) is 0 Å². The van der Waals surface area contributed by atoms with E-state index in [1.54, 1.807) is 6.07 Å². The third-order valence-corrected chi connectivity index (χ3v) is 1.55. The molecule has 0 spiro atoms. The molecule has 0 aromatic carbocycles. The van der Waals surface area contributed by atoms with E-state index in [0.29, 0.717) is 24.1 Å². The molecule has 4 heteroatoms. The van der Waals surface area contributed by atoms with Crippen molar-refractivity contribution in [2.45, 2.75) is 13.1 Å². The summed E-state index contributed by atoms with van der Waals surface area (Å²) in [6, 6.07) is 1.77. The molecule has 0 saturated heterocycles. The maximum atomic E-state index is 5.62. The monoisotopic (exact) mass is 160 g/mol. The molecule has 4 N–H and O–H groups in total. The van der Waals surface area contributed by atoms with Crippen LogP contribution in [0.25, 0.3) is 0 Å². The highest BCUT2D eigenvalue weighted by molar-refractivity contribution is 6.29. The van der Waals surface area contributed by atoms with Gasteiger partial charge in [0, 0.05) is 12.1 Å². The van der Waals surface area contributed by atoms with Crippen LogP contribution in [-0.4, -0.2) is 0 Å². The summed E-state index contributed by atoms with van der Waals surface area (Å²) in [5, 5.41) is 0.350. The van der Waals surface area contributed by atoms with Gasteiger partial charge in [0.1, 0.15) is 5.76 Å². The number of furan rings is 1. The normalized spacial score (nSPS) is 10.3. The molecular formula is C6H9ClN2O. The van der Waals surface area contributed by atoms with Crippen molar-refractivity contribution in [2.24, 2.45) is 11.5 Å². The molecule has 1 aromatic heterocycles. The van der Waals surface area contributed by atoms with Crippen LogP contribution in [0.15, 0.2) is 10.5 Å². The second-order valence-electron chi connectivity index (χ2n) is 1.92. The highest BCUT2D eigenvalue weighted by atomic mass is 35.5. The Morgan fingerprint density at radius 2 is 2.10 bits per heavy atom. The molecule has 1 rings (SSSR count). The number of halogens is 1. The average molecular weight is 161 g/mol. The van der Waals surface area contributed by atoms with Gasteiger partial charge in [-0.05, 0) is 17.7 Å². The lowest BCUT2D eigenvalue weighted by Gasteiger charge is -1.84. The van der Waals surface area contributed by atoms with Crippen LogP contribution < -0.4 is 11.5 Å². The maximum absolute atomic E-state index is 5.62. The molecule has 0 aliphatic carbocycles. The third-order valence-electron chi connectivity index (χ3n) is 1.23. The van der Waals surface area contributed by atoms with E-state index in [0.717, 1.165) is 5.56 Å². The maximum Gasteiger partial charge on any atom is 0.197 e. The van der Waals surface area contributed by atoms with E-state index < -0.39 is 0 Å². The Bertz CT molecular complexity index is 222. The van der Waals surface area contributed by atoms with Crippen molar-refractivity contribution in [3.8, 4) is 0 Å². The predicted molar refractivity (Wildman–Crippen MR) is 39.5 cm³/mol. The van der Waals surface area contributed by atoms with E-state index in [9.17, 15) is 0 Å². The number of hydrogen-bond acceptors (Lipinski definition) is 3. The molecule has 1 heterocycles. The SMILES string of the molecule is NCc1cc(CN)c(Cl)o1. The molecule has 0 radical (unpaired) electrons. The fourth-order valence-electron chi connectivity index (χ4n) is 0.701. The van der Waals surface area contributed by atoms with Gasteiger partial charge in [-0.15, -0.1) is 0 Å². The Balaban J connectivity index is 2.92. The van der Waals surface area contributed by atoms with Crippen molar-refractivity contribution in [3.05, 3.63) is 22.6 Å². The number of rotatable bonds is 2. The lowest BCUT2D eigenvalue weighted by Crippen LogP contribution is -1.95. The molecule has 0 saturated carbocycles. The summed E-state index contributed by atoms with van der Waals surface area (Å²) >= 11 is 5.62. The van der Waals surface area contributed by atoms with Crippen LogP contribution >= 0.6 is 11.6 Å². The van der Waals surface area contributed by atoms with Gasteiger partial charge in [0.25, 0.3) is 0 Å². The van der Waals surface area contributed by atoms with E-state index in [1.165, 1.54) is 0 Å². The molecule has 1 aromatic rings.